The van der Waals surface area contributed by atoms with Crippen molar-refractivity contribution in [3.05, 3.63) is 35.4 Å². The van der Waals surface area contributed by atoms with E-state index in [4.69, 9.17) is 4.74 Å². The lowest BCUT2D eigenvalue weighted by Gasteiger charge is -2.25. The summed E-state index contributed by atoms with van der Waals surface area (Å²) in [7, 11) is 0. The Morgan fingerprint density at radius 1 is 1.47 bits per heavy atom. The number of nitrogens with one attached hydrogen (secondary N) is 2. The SMILES string of the molecule is CCc1ccc(C(C)NC(=O)C2COCCN2)cc1. The van der Waals surface area contributed by atoms with Gasteiger partial charge < -0.3 is 15.4 Å². The molecule has 4 heteroatoms. The first-order valence-electron chi connectivity index (χ1n) is 6.91. The molecule has 0 aromatic heterocycles. The number of aryl methyl sites for hydroxylation is 1. The summed E-state index contributed by atoms with van der Waals surface area (Å²) in [6.07, 6.45) is 1.03. The van der Waals surface area contributed by atoms with Gasteiger partial charge in [0.15, 0.2) is 0 Å². The Kier molecular flexibility index (Phi) is 4.93. The summed E-state index contributed by atoms with van der Waals surface area (Å²) < 4.78 is 5.30. The van der Waals surface area contributed by atoms with Gasteiger partial charge in [0.1, 0.15) is 6.04 Å². The van der Waals surface area contributed by atoms with E-state index in [0.717, 1.165) is 18.5 Å². The van der Waals surface area contributed by atoms with Gasteiger partial charge in [-0.05, 0) is 24.5 Å². The summed E-state index contributed by atoms with van der Waals surface area (Å²) in [5.41, 5.74) is 2.44. The molecule has 2 atom stereocenters. The Bertz CT molecular complexity index is 411. The maximum atomic E-state index is 12.1. The molecule has 1 aromatic carbocycles. The van der Waals surface area contributed by atoms with Gasteiger partial charge in [-0.15, -0.1) is 0 Å². The molecule has 1 aromatic rings. The summed E-state index contributed by atoms with van der Waals surface area (Å²) >= 11 is 0. The van der Waals surface area contributed by atoms with E-state index in [1.165, 1.54) is 5.56 Å². The molecule has 2 unspecified atom stereocenters. The van der Waals surface area contributed by atoms with Crippen LogP contribution in [0.3, 0.4) is 0 Å². The second-order valence-corrected chi connectivity index (χ2v) is 4.91. The Morgan fingerprint density at radius 3 is 2.79 bits per heavy atom. The van der Waals surface area contributed by atoms with E-state index in [1.54, 1.807) is 0 Å². The van der Waals surface area contributed by atoms with Gasteiger partial charge in [0.25, 0.3) is 0 Å². The number of hydrogen-bond acceptors (Lipinski definition) is 3. The maximum Gasteiger partial charge on any atom is 0.240 e. The lowest BCUT2D eigenvalue weighted by molar-refractivity contribution is -0.126. The zero-order valence-corrected chi connectivity index (χ0v) is 11.6. The molecule has 1 amide bonds. The van der Waals surface area contributed by atoms with E-state index >= 15 is 0 Å². The quantitative estimate of drug-likeness (QED) is 0.862. The highest BCUT2D eigenvalue weighted by molar-refractivity contribution is 5.82. The molecule has 0 radical (unpaired) electrons. The Labute approximate surface area is 114 Å². The molecular formula is C15H22N2O2. The van der Waals surface area contributed by atoms with Gasteiger partial charge in [-0.25, -0.2) is 0 Å². The van der Waals surface area contributed by atoms with Crippen molar-refractivity contribution in [2.75, 3.05) is 19.8 Å². The third kappa shape index (κ3) is 3.78. The first-order chi connectivity index (χ1) is 9.20. The van der Waals surface area contributed by atoms with Gasteiger partial charge >= 0.3 is 0 Å². The van der Waals surface area contributed by atoms with Crippen molar-refractivity contribution in [3.8, 4) is 0 Å². The van der Waals surface area contributed by atoms with Gasteiger partial charge in [0.05, 0.1) is 19.3 Å². The molecule has 1 fully saturated rings. The minimum atomic E-state index is -0.230. The van der Waals surface area contributed by atoms with Crippen molar-refractivity contribution in [3.63, 3.8) is 0 Å². The number of hydrogen-bond donors (Lipinski definition) is 2. The van der Waals surface area contributed by atoms with Crippen LogP contribution < -0.4 is 10.6 Å². The molecule has 0 bridgehead atoms. The normalized spacial score (nSPS) is 20.8. The van der Waals surface area contributed by atoms with Crippen molar-refractivity contribution in [2.45, 2.75) is 32.4 Å². The highest BCUT2D eigenvalue weighted by Crippen LogP contribution is 2.14. The monoisotopic (exact) mass is 262 g/mol. The third-order valence-corrected chi connectivity index (χ3v) is 3.48. The van der Waals surface area contributed by atoms with Crippen molar-refractivity contribution in [2.24, 2.45) is 0 Å². The molecule has 1 heterocycles. The summed E-state index contributed by atoms with van der Waals surface area (Å²) in [4.78, 5) is 12.1. The predicted molar refractivity (Wildman–Crippen MR) is 75.0 cm³/mol. The highest BCUT2D eigenvalue weighted by Gasteiger charge is 2.22. The number of benzene rings is 1. The summed E-state index contributed by atoms with van der Waals surface area (Å²) in [5, 5.41) is 6.18. The molecule has 1 saturated heterocycles. The number of amides is 1. The van der Waals surface area contributed by atoms with E-state index in [9.17, 15) is 4.79 Å². The number of carbonyl (C=O) groups excluding carboxylic acids is 1. The Morgan fingerprint density at radius 2 is 2.21 bits per heavy atom. The Hall–Kier alpha value is -1.39. The van der Waals surface area contributed by atoms with Crippen molar-refractivity contribution in [1.29, 1.82) is 0 Å². The summed E-state index contributed by atoms with van der Waals surface area (Å²) in [6.45, 7) is 6.00. The summed E-state index contributed by atoms with van der Waals surface area (Å²) in [6, 6.07) is 8.16. The van der Waals surface area contributed by atoms with Crippen LogP contribution in [-0.4, -0.2) is 31.7 Å². The number of morpholine rings is 1. The molecule has 19 heavy (non-hydrogen) atoms. The second kappa shape index (κ2) is 6.68. The molecule has 0 saturated carbocycles. The zero-order chi connectivity index (χ0) is 13.7. The largest absolute Gasteiger partial charge is 0.378 e. The average molecular weight is 262 g/mol. The van der Waals surface area contributed by atoms with Gasteiger partial charge in [-0.3, -0.25) is 4.79 Å². The zero-order valence-electron chi connectivity index (χ0n) is 11.6. The number of ether oxygens (including phenoxy) is 1. The maximum absolute atomic E-state index is 12.1. The molecule has 1 aliphatic heterocycles. The minimum Gasteiger partial charge on any atom is -0.378 e. The van der Waals surface area contributed by atoms with Crippen LogP contribution in [0.25, 0.3) is 0 Å². The summed E-state index contributed by atoms with van der Waals surface area (Å²) in [5.74, 6) is 0.00627. The fourth-order valence-electron chi connectivity index (χ4n) is 2.17. The number of carbonyl (C=O) groups is 1. The number of rotatable bonds is 4. The third-order valence-electron chi connectivity index (χ3n) is 3.48. The van der Waals surface area contributed by atoms with E-state index in [0.29, 0.717) is 13.2 Å². The van der Waals surface area contributed by atoms with Crippen LogP contribution in [0.15, 0.2) is 24.3 Å². The van der Waals surface area contributed by atoms with E-state index < -0.39 is 0 Å². The molecular weight excluding hydrogens is 240 g/mol. The van der Waals surface area contributed by atoms with E-state index in [-0.39, 0.29) is 18.0 Å². The standard InChI is InChI=1S/C15H22N2O2/c1-3-12-4-6-13(7-5-12)11(2)17-15(18)14-10-19-9-8-16-14/h4-7,11,14,16H,3,8-10H2,1-2H3,(H,17,18). The molecule has 4 nitrogen and oxygen atoms in total. The van der Waals surface area contributed by atoms with Crippen molar-refractivity contribution < 1.29 is 9.53 Å². The molecule has 0 aliphatic carbocycles. The molecule has 2 N–H and O–H groups in total. The smallest absolute Gasteiger partial charge is 0.240 e. The van der Waals surface area contributed by atoms with Crippen LogP contribution in [0.4, 0.5) is 0 Å². The van der Waals surface area contributed by atoms with Crippen LogP contribution in [0.5, 0.6) is 0 Å². The van der Waals surface area contributed by atoms with Crippen LogP contribution in [0, 0.1) is 0 Å². The first kappa shape index (κ1) is 14.0. The predicted octanol–water partition coefficient (Wildman–Crippen LogP) is 1.41. The molecule has 2 rings (SSSR count). The minimum absolute atomic E-state index is 0.00627. The molecule has 104 valence electrons. The molecule has 0 spiro atoms. The Balaban J connectivity index is 1.91. The van der Waals surface area contributed by atoms with Gasteiger partial charge in [-0.1, -0.05) is 31.2 Å². The van der Waals surface area contributed by atoms with Crippen LogP contribution in [0.2, 0.25) is 0 Å². The lowest BCUT2D eigenvalue weighted by atomic mass is 10.0. The van der Waals surface area contributed by atoms with Gasteiger partial charge in [-0.2, -0.15) is 0 Å². The van der Waals surface area contributed by atoms with E-state index in [1.807, 2.05) is 6.92 Å². The van der Waals surface area contributed by atoms with Crippen molar-refractivity contribution in [1.82, 2.24) is 10.6 Å². The van der Waals surface area contributed by atoms with Gasteiger partial charge in [0, 0.05) is 6.54 Å². The van der Waals surface area contributed by atoms with Crippen LogP contribution in [-0.2, 0) is 16.0 Å². The fraction of sp³-hybridized carbons (Fsp3) is 0.533. The first-order valence-corrected chi connectivity index (χ1v) is 6.91. The fourth-order valence-corrected chi connectivity index (χ4v) is 2.17. The average Bonchev–Trinajstić information content (AvgIpc) is 2.48. The second-order valence-electron chi connectivity index (χ2n) is 4.91. The molecule has 1 aliphatic rings. The van der Waals surface area contributed by atoms with E-state index in [2.05, 4.69) is 41.8 Å². The van der Waals surface area contributed by atoms with Crippen LogP contribution >= 0.6 is 0 Å². The van der Waals surface area contributed by atoms with Crippen LogP contribution in [0.1, 0.15) is 31.0 Å². The van der Waals surface area contributed by atoms with Gasteiger partial charge in [0.2, 0.25) is 5.91 Å². The lowest BCUT2D eigenvalue weighted by Crippen LogP contribution is -2.51. The highest BCUT2D eigenvalue weighted by atomic mass is 16.5. The topological polar surface area (TPSA) is 50.4 Å². The van der Waals surface area contributed by atoms with Crippen molar-refractivity contribution >= 4 is 5.91 Å².